The van der Waals surface area contributed by atoms with Gasteiger partial charge >= 0.3 is 11.9 Å². The molecular weight excluding hydrogens is 740 g/mol. The Bertz CT molecular complexity index is 2390. The second kappa shape index (κ2) is 17.5. The molecule has 0 saturated heterocycles. The molecule has 17 heteroatoms. The zero-order chi connectivity index (χ0) is 39.6. The molecule has 4 aromatic carbocycles. The molecule has 6 aromatic rings. The fraction of sp³-hybridized carbons (Fsp3) is 0.105. The van der Waals surface area contributed by atoms with E-state index in [2.05, 4.69) is 20.6 Å². The Labute approximate surface area is 316 Å². The fourth-order valence-electron chi connectivity index (χ4n) is 4.92. The van der Waals surface area contributed by atoms with Crippen LogP contribution in [0.5, 0.6) is 46.0 Å². The van der Waals surface area contributed by atoms with Gasteiger partial charge in [0, 0.05) is 27.7 Å². The summed E-state index contributed by atoms with van der Waals surface area (Å²) in [5.74, 6) is -1.21. The van der Waals surface area contributed by atoms with Crippen molar-refractivity contribution in [1.29, 1.82) is 0 Å². The van der Waals surface area contributed by atoms with Gasteiger partial charge in [-0.25, -0.2) is 9.97 Å². The van der Waals surface area contributed by atoms with E-state index < -0.39 is 42.6 Å². The van der Waals surface area contributed by atoms with Crippen LogP contribution in [0.3, 0.4) is 0 Å². The van der Waals surface area contributed by atoms with Gasteiger partial charge in [-0.05, 0) is 84.9 Å². The molecule has 0 atom stereocenters. The number of rotatable bonds is 12. The van der Waals surface area contributed by atoms with Crippen molar-refractivity contribution in [2.24, 2.45) is 0 Å². The van der Waals surface area contributed by atoms with E-state index in [-0.39, 0.29) is 27.7 Å². The average Bonchev–Trinajstić information content (AvgIpc) is 3.18. The number of benzene rings is 4. The number of hydrogen-bond donors (Lipinski definition) is 6. The topological polar surface area (TPSA) is 236 Å². The number of carboxylic acid groups (broad SMARTS) is 2. The third-order valence-electron chi connectivity index (χ3n) is 7.56. The maximum Gasteiger partial charge on any atom is 0.322 e. The second-order valence-corrected chi connectivity index (χ2v) is 11.6. The molecule has 6 rings (SSSR count). The molecule has 2 aromatic heterocycles. The highest BCUT2D eigenvalue weighted by molar-refractivity contribution is 6.35. The summed E-state index contributed by atoms with van der Waals surface area (Å²) < 4.78 is 21.7. The van der Waals surface area contributed by atoms with Gasteiger partial charge in [-0.2, -0.15) is 0 Å². The summed E-state index contributed by atoms with van der Waals surface area (Å²) in [6, 6.07) is 23.6. The highest BCUT2D eigenvalue weighted by atomic mass is 35.5. The Balaban J connectivity index is 0.000000211. The number of aromatic hydroxyl groups is 2. The Morgan fingerprint density at radius 1 is 0.600 bits per heavy atom. The predicted octanol–water partition coefficient (Wildman–Crippen LogP) is 5.76. The van der Waals surface area contributed by atoms with Gasteiger partial charge in [0.2, 0.25) is 0 Å². The number of pyridine rings is 2. The van der Waals surface area contributed by atoms with E-state index in [1.54, 1.807) is 93.1 Å². The molecule has 0 saturated carbocycles. The number of amides is 2. The third kappa shape index (κ3) is 9.76. The van der Waals surface area contributed by atoms with Gasteiger partial charge in [0.25, 0.3) is 11.8 Å². The number of carbonyl (C=O) groups is 4. The van der Waals surface area contributed by atoms with Crippen molar-refractivity contribution in [3.8, 4) is 46.0 Å². The summed E-state index contributed by atoms with van der Waals surface area (Å²) in [6.07, 6.45) is 1.41. The standard InChI is InChI=1S/C19H15ClN2O6.C19H16N2O6/c1-27-10-2-4-11(5-3-10)28-12-6-7-13-14(8-12)18(20)22-16(17(13)25)19(26)21-9-15(23)24;1-26-12-2-4-13(5-3-12)27-14-6-7-15-11(8-14)9-20-17(18(15)24)19(25)21-10-16(22)23/h2-8,25H,9H2,1H3,(H,21,26)(H,23,24);2-9,24H,10H2,1H3,(H,21,25)(H,22,23). The number of nitrogens with one attached hydrogen (secondary N) is 2. The summed E-state index contributed by atoms with van der Waals surface area (Å²) in [7, 11) is 3.14. The monoisotopic (exact) mass is 770 g/mol. The van der Waals surface area contributed by atoms with Crippen LogP contribution in [-0.4, -0.2) is 81.5 Å². The highest BCUT2D eigenvalue weighted by Crippen LogP contribution is 2.36. The number of carboxylic acids is 2. The number of fused-ring (bicyclic) bond motifs is 2. The minimum atomic E-state index is -1.22. The minimum absolute atomic E-state index is 0.0338. The quantitative estimate of drug-likeness (QED) is 0.0812. The number of ether oxygens (including phenoxy) is 4. The normalized spacial score (nSPS) is 10.5. The third-order valence-corrected chi connectivity index (χ3v) is 7.85. The van der Waals surface area contributed by atoms with E-state index in [0.29, 0.717) is 50.7 Å². The Morgan fingerprint density at radius 3 is 1.55 bits per heavy atom. The first-order chi connectivity index (χ1) is 26.4. The average molecular weight is 771 g/mol. The van der Waals surface area contributed by atoms with Crippen molar-refractivity contribution in [3.05, 3.63) is 108 Å². The van der Waals surface area contributed by atoms with Crippen LogP contribution in [0.2, 0.25) is 5.15 Å². The van der Waals surface area contributed by atoms with Gasteiger partial charge in [0.15, 0.2) is 22.9 Å². The van der Waals surface area contributed by atoms with Gasteiger partial charge in [-0.3, -0.25) is 19.2 Å². The molecule has 0 aliphatic rings. The van der Waals surface area contributed by atoms with Crippen LogP contribution in [0.4, 0.5) is 0 Å². The summed E-state index contributed by atoms with van der Waals surface area (Å²) in [4.78, 5) is 52.9. The lowest BCUT2D eigenvalue weighted by atomic mass is 10.1. The summed E-state index contributed by atoms with van der Waals surface area (Å²) >= 11 is 6.16. The first kappa shape index (κ1) is 38.9. The Hall–Kier alpha value is -7.33. The molecule has 6 N–H and O–H groups in total. The Kier molecular flexibility index (Phi) is 12.3. The molecule has 282 valence electrons. The van der Waals surface area contributed by atoms with E-state index in [0.717, 1.165) is 0 Å². The number of nitrogens with zero attached hydrogens (tertiary/aromatic N) is 2. The molecule has 0 aliphatic carbocycles. The van der Waals surface area contributed by atoms with Crippen molar-refractivity contribution in [3.63, 3.8) is 0 Å². The lowest BCUT2D eigenvalue weighted by Crippen LogP contribution is -2.30. The van der Waals surface area contributed by atoms with Crippen LogP contribution in [-0.2, 0) is 9.59 Å². The molecule has 55 heavy (non-hydrogen) atoms. The summed E-state index contributed by atoms with van der Waals surface area (Å²) in [5.41, 5.74) is -0.602. The van der Waals surface area contributed by atoms with Crippen molar-refractivity contribution < 1.29 is 58.6 Å². The number of aromatic nitrogens is 2. The molecule has 0 aliphatic heterocycles. The van der Waals surface area contributed by atoms with Crippen molar-refractivity contribution in [2.75, 3.05) is 27.3 Å². The highest BCUT2D eigenvalue weighted by Gasteiger charge is 2.20. The lowest BCUT2D eigenvalue weighted by Gasteiger charge is -2.11. The first-order valence-corrected chi connectivity index (χ1v) is 16.3. The number of aliphatic carboxylic acids is 2. The molecule has 16 nitrogen and oxygen atoms in total. The molecule has 0 unspecified atom stereocenters. The molecule has 2 amide bonds. The fourth-order valence-corrected chi connectivity index (χ4v) is 5.16. The maximum atomic E-state index is 12.0. The first-order valence-electron chi connectivity index (χ1n) is 15.9. The molecular formula is C38H31ClN4O12. The molecule has 0 spiro atoms. The second-order valence-electron chi connectivity index (χ2n) is 11.2. The van der Waals surface area contributed by atoms with Gasteiger partial charge in [-0.1, -0.05) is 11.6 Å². The van der Waals surface area contributed by atoms with Crippen LogP contribution in [0.1, 0.15) is 21.0 Å². The lowest BCUT2D eigenvalue weighted by molar-refractivity contribution is -0.136. The van der Waals surface area contributed by atoms with Crippen LogP contribution < -0.4 is 29.6 Å². The maximum absolute atomic E-state index is 12.0. The number of halogens is 1. The molecule has 0 bridgehead atoms. The van der Waals surface area contributed by atoms with Crippen LogP contribution in [0.25, 0.3) is 21.5 Å². The zero-order valence-electron chi connectivity index (χ0n) is 28.9. The smallest absolute Gasteiger partial charge is 0.322 e. The van der Waals surface area contributed by atoms with Crippen molar-refractivity contribution in [2.45, 2.75) is 0 Å². The van der Waals surface area contributed by atoms with Gasteiger partial charge in [-0.15, -0.1) is 0 Å². The summed E-state index contributed by atoms with van der Waals surface area (Å²) in [6.45, 7) is -1.17. The zero-order valence-corrected chi connectivity index (χ0v) is 29.7. The van der Waals surface area contributed by atoms with Gasteiger partial charge in [0.1, 0.15) is 52.7 Å². The van der Waals surface area contributed by atoms with Crippen molar-refractivity contribution >= 4 is 56.9 Å². The minimum Gasteiger partial charge on any atom is -0.505 e. The molecule has 2 heterocycles. The van der Waals surface area contributed by atoms with E-state index in [4.69, 9.17) is 40.8 Å². The molecule has 0 fully saturated rings. The van der Waals surface area contributed by atoms with Crippen LogP contribution in [0.15, 0.2) is 91.1 Å². The Morgan fingerprint density at radius 2 is 1.04 bits per heavy atom. The van der Waals surface area contributed by atoms with E-state index in [1.165, 1.54) is 12.3 Å². The molecule has 0 radical (unpaired) electrons. The van der Waals surface area contributed by atoms with E-state index in [9.17, 15) is 29.4 Å². The van der Waals surface area contributed by atoms with Crippen molar-refractivity contribution in [1.82, 2.24) is 20.6 Å². The SMILES string of the molecule is COc1ccc(Oc2ccc3c(O)c(C(=O)NCC(=O)O)nc(Cl)c3c2)cc1.COc1ccc(Oc2ccc3c(O)c(C(=O)NCC(=O)O)ncc3c2)cc1. The number of carbonyl (C=O) groups excluding carboxylic acids is 2. The number of hydrogen-bond acceptors (Lipinski definition) is 12. The van der Waals surface area contributed by atoms with Gasteiger partial charge < -0.3 is 50.0 Å². The summed E-state index contributed by atoms with van der Waals surface area (Å²) in [5, 5.41) is 43.8. The van der Waals surface area contributed by atoms with Crippen LogP contribution >= 0.6 is 11.6 Å². The van der Waals surface area contributed by atoms with E-state index >= 15 is 0 Å². The van der Waals surface area contributed by atoms with Crippen LogP contribution in [0, 0.1) is 0 Å². The largest absolute Gasteiger partial charge is 0.505 e. The van der Waals surface area contributed by atoms with E-state index in [1.807, 2.05) is 0 Å². The van der Waals surface area contributed by atoms with Gasteiger partial charge in [0.05, 0.1) is 14.2 Å². The number of methoxy groups -OCH3 is 2. The predicted molar refractivity (Wildman–Crippen MR) is 198 cm³/mol.